The first-order valence-electron chi connectivity index (χ1n) is 15.0. The van der Waals surface area contributed by atoms with Crippen LogP contribution in [0.4, 0.5) is 0 Å². The minimum atomic E-state index is 0.571. The second-order valence-corrected chi connectivity index (χ2v) is 12.0. The molecule has 0 radical (unpaired) electrons. The van der Waals surface area contributed by atoms with Crippen LogP contribution >= 0.6 is 0 Å². The molecule has 7 rings (SSSR count). The summed E-state index contributed by atoms with van der Waals surface area (Å²) in [6.45, 7) is 13.2. The third-order valence-corrected chi connectivity index (χ3v) is 8.60. The van der Waals surface area contributed by atoms with Crippen molar-refractivity contribution in [2.75, 3.05) is 0 Å². The number of hydrogen-bond donors (Lipinski definition) is 0. The van der Waals surface area contributed by atoms with E-state index in [1.807, 2.05) is 35.1 Å². The summed E-state index contributed by atoms with van der Waals surface area (Å²) in [6, 6.07) is 27.1. The van der Waals surface area contributed by atoms with Gasteiger partial charge in [-0.25, -0.2) is 9.67 Å². The van der Waals surface area contributed by atoms with Crippen LogP contribution in [0.25, 0.3) is 38.9 Å². The lowest BCUT2D eigenvalue weighted by Gasteiger charge is -2.22. The zero-order chi connectivity index (χ0) is 29.8. The summed E-state index contributed by atoms with van der Waals surface area (Å²) in [5.74, 6) is 3.00. The molecule has 1 aliphatic rings. The average molecular weight is 565 g/mol. The van der Waals surface area contributed by atoms with Crippen LogP contribution in [0, 0.1) is 26.7 Å². The van der Waals surface area contributed by atoms with E-state index in [0.29, 0.717) is 5.92 Å². The molecule has 0 unspecified atom stereocenters. The van der Waals surface area contributed by atoms with Crippen molar-refractivity contribution in [3.05, 3.63) is 125 Å². The van der Waals surface area contributed by atoms with E-state index < -0.39 is 0 Å². The minimum Gasteiger partial charge on any atom is -0.457 e. The minimum absolute atomic E-state index is 0.571. The molecule has 0 saturated carbocycles. The molecule has 0 bridgehead atoms. The molecule has 3 heterocycles. The summed E-state index contributed by atoms with van der Waals surface area (Å²) in [4.78, 5) is 4.71. The highest BCUT2D eigenvalue weighted by Crippen LogP contribution is 2.39. The number of rotatable bonds is 5. The van der Waals surface area contributed by atoms with Gasteiger partial charge in [-0.1, -0.05) is 42.8 Å². The van der Waals surface area contributed by atoms with Gasteiger partial charge in [0.25, 0.3) is 0 Å². The van der Waals surface area contributed by atoms with Crippen LogP contribution in [0.15, 0.2) is 102 Å². The smallest absolute Gasteiger partial charge is 0.137 e. The van der Waals surface area contributed by atoms with E-state index in [0.717, 1.165) is 51.8 Å². The fraction of sp³-hybridized carbons (Fsp3) is 0.211. The largest absolute Gasteiger partial charge is 0.457 e. The van der Waals surface area contributed by atoms with Crippen LogP contribution in [-0.4, -0.2) is 19.3 Å². The third kappa shape index (κ3) is 4.65. The molecule has 0 N–H and O–H groups in total. The zero-order valence-electron chi connectivity index (χ0n) is 25.6. The van der Waals surface area contributed by atoms with Crippen molar-refractivity contribution < 1.29 is 4.74 Å². The summed E-state index contributed by atoms with van der Waals surface area (Å²) in [6.07, 6.45) is 5.34. The number of allylic oxidation sites excluding steroid dienone is 4. The SMILES string of the molecule is CC1=C[C@H](C)CC(C)=C1c1c(C)nn(-c2cccc(Oc3ccc4c5ccccc5n(-c5cc(C)ccn5)c4c3)c2)c1C. The van der Waals surface area contributed by atoms with E-state index >= 15 is 0 Å². The molecule has 3 aromatic heterocycles. The maximum absolute atomic E-state index is 6.51. The molecular formula is C38H36N4O. The van der Waals surface area contributed by atoms with Crippen molar-refractivity contribution in [2.45, 2.75) is 48.0 Å². The van der Waals surface area contributed by atoms with E-state index in [1.54, 1.807) is 0 Å². The Hall–Kier alpha value is -4.90. The van der Waals surface area contributed by atoms with Crippen LogP contribution in [-0.2, 0) is 0 Å². The molecule has 1 aliphatic carbocycles. The van der Waals surface area contributed by atoms with Crippen molar-refractivity contribution in [1.29, 1.82) is 0 Å². The summed E-state index contributed by atoms with van der Waals surface area (Å²) in [5, 5.41) is 7.36. The third-order valence-electron chi connectivity index (χ3n) is 8.60. The van der Waals surface area contributed by atoms with Crippen molar-refractivity contribution in [1.82, 2.24) is 19.3 Å². The van der Waals surface area contributed by atoms with Crippen molar-refractivity contribution in [3.63, 3.8) is 0 Å². The number of fused-ring (bicyclic) bond motifs is 3. The fourth-order valence-corrected chi connectivity index (χ4v) is 6.88. The lowest BCUT2D eigenvalue weighted by Crippen LogP contribution is -2.05. The quantitative estimate of drug-likeness (QED) is 0.209. The molecule has 0 spiro atoms. The number of ether oxygens (including phenoxy) is 1. The van der Waals surface area contributed by atoms with Gasteiger partial charge in [0.1, 0.15) is 17.3 Å². The average Bonchev–Trinajstić information content (AvgIpc) is 3.46. The van der Waals surface area contributed by atoms with Gasteiger partial charge in [-0.15, -0.1) is 0 Å². The molecule has 0 saturated heterocycles. The van der Waals surface area contributed by atoms with E-state index in [-0.39, 0.29) is 0 Å². The molecule has 3 aromatic carbocycles. The first-order valence-corrected chi connectivity index (χ1v) is 15.0. The second kappa shape index (κ2) is 10.4. The predicted molar refractivity (Wildman–Crippen MR) is 177 cm³/mol. The Morgan fingerprint density at radius 1 is 0.791 bits per heavy atom. The standard InChI is InChI=1S/C38H36N4O/c1-23-16-17-39-36(20-23)41-34-13-8-7-12-32(34)33-15-14-31(22-35(33)41)43-30-11-9-10-29(21-30)42-28(6)38(27(5)40-42)37-25(3)18-24(2)19-26(37)4/h7-18,20-22,24H,19H2,1-6H3/t24-/m0/s1. The van der Waals surface area contributed by atoms with E-state index in [4.69, 9.17) is 14.8 Å². The second-order valence-electron chi connectivity index (χ2n) is 12.0. The number of aryl methyl sites for hydroxylation is 2. The first kappa shape index (κ1) is 27.0. The highest BCUT2D eigenvalue weighted by Gasteiger charge is 2.23. The molecule has 5 heteroatoms. The Balaban J connectivity index is 1.27. The van der Waals surface area contributed by atoms with Gasteiger partial charge in [-0.3, -0.25) is 4.57 Å². The molecule has 6 aromatic rings. The van der Waals surface area contributed by atoms with Crippen LogP contribution in [0.3, 0.4) is 0 Å². The molecule has 43 heavy (non-hydrogen) atoms. The van der Waals surface area contributed by atoms with Crippen molar-refractivity contribution in [2.24, 2.45) is 5.92 Å². The Kier molecular flexibility index (Phi) is 6.54. The van der Waals surface area contributed by atoms with E-state index in [1.165, 1.54) is 38.6 Å². The summed E-state index contributed by atoms with van der Waals surface area (Å²) in [5.41, 5.74) is 11.9. The van der Waals surface area contributed by atoms with E-state index in [2.05, 4.69) is 107 Å². The number of nitrogens with zero attached hydrogens (tertiary/aromatic N) is 4. The molecule has 0 fully saturated rings. The highest BCUT2D eigenvalue weighted by molar-refractivity contribution is 6.09. The Morgan fingerprint density at radius 2 is 1.58 bits per heavy atom. The first-order chi connectivity index (χ1) is 20.8. The fourth-order valence-electron chi connectivity index (χ4n) is 6.88. The number of benzene rings is 3. The Bertz CT molecular complexity index is 2110. The number of aromatic nitrogens is 4. The predicted octanol–water partition coefficient (Wildman–Crippen LogP) is 9.84. The lowest BCUT2D eigenvalue weighted by molar-refractivity contribution is 0.482. The summed E-state index contributed by atoms with van der Waals surface area (Å²) < 4.78 is 10.8. The van der Waals surface area contributed by atoms with Crippen LogP contribution in [0.5, 0.6) is 11.5 Å². The van der Waals surface area contributed by atoms with E-state index in [9.17, 15) is 0 Å². The Morgan fingerprint density at radius 3 is 2.40 bits per heavy atom. The van der Waals surface area contributed by atoms with Gasteiger partial charge in [-0.2, -0.15) is 5.10 Å². The molecule has 5 nitrogen and oxygen atoms in total. The van der Waals surface area contributed by atoms with Crippen molar-refractivity contribution >= 4 is 27.4 Å². The molecule has 214 valence electrons. The Labute approximate surface area is 252 Å². The number of para-hydroxylation sites is 1. The van der Waals surface area contributed by atoms with Gasteiger partial charge >= 0.3 is 0 Å². The summed E-state index contributed by atoms with van der Waals surface area (Å²) in [7, 11) is 0. The van der Waals surface area contributed by atoms with Gasteiger partial charge in [0.15, 0.2) is 0 Å². The molecule has 0 aliphatic heterocycles. The number of pyridine rings is 1. The van der Waals surface area contributed by atoms with Crippen LogP contribution < -0.4 is 4.74 Å². The normalized spacial score (nSPS) is 15.4. The zero-order valence-corrected chi connectivity index (χ0v) is 25.6. The molecular weight excluding hydrogens is 528 g/mol. The molecule has 0 amide bonds. The maximum Gasteiger partial charge on any atom is 0.137 e. The van der Waals surface area contributed by atoms with Gasteiger partial charge in [0.05, 0.1) is 22.4 Å². The summed E-state index contributed by atoms with van der Waals surface area (Å²) >= 11 is 0. The highest BCUT2D eigenvalue weighted by atomic mass is 16.5. The molecule has 1 atom stereocenters. The van der Waals surface area contributed by atoms with Crippen LogP contribution in [0.2, 0.25) is 0 Å². The topological polar surface area (TPSA) is 44.9 Å². The van der Waals surface area contributed by atoms with Gasteiger partial charge in [0.2, 0.25) is 0 Å². The lowest BCUT2D eigenvalue weighted by atomic mass is 9.83. The van der Waals surface area contributed by atoms with Gasteiger partial charge < -0.3 is 4.74 Å². The van der Waals surface area contributed by atoms with Gasteiger partial charge in [0, 0.05) is 40.4 Å². The van der Waals surface area contributed by atoms with Gasteiger partial charge in [-0.05, 0) is 106 Å². The maximum atomic E-state index is 6.51. The number of hydrogen-bond acceptors (Lipinski definition) is 3. The van der Waals surface area contributed by atoms with Crippen LogP contribution in [0.1, 0.15) is 49.7 Å². The van der Waals surface area contributed by atoms with Crippen molar-refractivity contribution in [3.8, 4) is 23.0 Å². The monoisotopic (exact) mass is 564 g/mol.